The number of carbonyl (C=O) groups is 3. The van der Waals surface area contributed by atoms with Gasteiger partial charge in [-0.2, -0.15) is 0 Å². The zero-order chi connectivity index (χ0) is 19.3. The van der Waals surface area contributed by atoms with Gasteiger partial charge in [0.15, 0.2) is 11.9 Å². The van der Waals surface area contributed by atoms with Gasteiger partial charge in [0, 0.05) is 17.0 Å². The van der Waals surface area contributed by atoms with Crippen molar-refractivity contribution in [2.45, 2.75) is 39.7 Å². The molecule has 0 saturated carbocycles. The molecular weight excluding hydrogens is 357 g/mol. The molecule has 1 amide bonds. The van der Waals surface area contributed by atoms with Gasteiger partial charge >= 0.3 is 5.97 Å². The van der Waals surface area contributed by atoms with Crippen LogP contribution in [0.3, 0.4) is 0 Å². The maximum Gasteiger partial charge on any atom is 0.307 e. The molecule has 0 aliphatic rings. The van der Waals surface area contributed by atoms with E-state index >= 15 is 0 Å². The third-order valence-electron chi connectivity index (χ3n) is 3.69. The Labute approximate surface area is 155 Å². The fourth-order valence-corrected chi connectivity index (χ4v) is 2.98. The van der Waals surface area contributed by atoms with Gasteiger partial charge in [0.05, 0.1) is 11.3 Å². The number of esters is 1. The van der Waals surface area contributed by atoms with Gasteiger partial charge in [0.25, 0.3) is 5.91 Å². The molecule has 0 aliphatic heterocycles. The van der Waals surface area contributed by atoms with Gasteiger partial charge in [0.1, 0.15) is 5.82 Å². The lowest BCUT2D eigenvalue weighted by Crippen LogP contribution is -2.30. The van der Waals surface area contributed by atoms with Crippen molar-refractivity contribution in [3.05, 3.63) is 51.5 Å². The van der Waals surface area contributed by atoms with E-state index in [9.17, 15) is 18.8 Å². The van der Waals surface area contributed by atoms with Gasteiger partial charge in [-0.25, -0.2) is 4.39 Å². The van der Waals surface area contributed by atoms with Crippen LogP contribution in [0, 0.1) is 19.7 Å². The first-order valence-corrected chi connectivity index (χ1v) is 8.94. The Morgan fingerprint density at radius 2 is 1.88 bits per heavy atom. The summed E-state index contributed by atoms with van der Waals surface area (Å²) in [6.45, 7) is 4.93. The number of anilines is 1. The Morgan fingerprint density at radius 1 is 1.15 bits per heavy atom. The lowest BCUT2D eigenvalue weighted by molar-refractivity contribution is -0.153. The third-order valence-corrected chi connectivity index (χ3v) is 4.73. The van der Waals surface area contributed by atoms with Crippen molar-refractivity contribution in [1.82, 2.24) is 0 Å². The van der Waals surface area contributed by atoms with Crippen molar-refractivity contribution in [1.29, 1.82) is 0 Å². The van der Waals surface area contributed by atoms with E-state index in [4.69, 9.17) is 4.74 Å². The standard InChI is InChI=1S/C19H20FNO4S/c1-11-4-6-14(10-15(11)20)21-19(24)13(3)25-18(23)9-7-16(22)17-8-5-12(2)26-17/h4-6,8,10,13H,7,9H2,1-3H3,(H,21,24)/t13-/m1/s1. The number of ether oxygens (including phenoxy) is 1. The normalized spacial score (nSPS) is 11.7. The van der Waals surface area contributed by atoms with Crippen molar-refractivity contribution >= 4 is 34.7 Å². The number of halogens is 1. The number of ketones is 1. The van der Waals surface area contributed by atoms with E-state index in [1.54, 1.807) is 25.1 Å². The highest BCUT2D eigenvalue weighted by Crippen LogP contribution is 2.18. The van der Waals surface area contributed by atoms with Crippen LogP contribution in [0.4, 0.5) is 10.1 Å². The highest BCUT2D eigenvalue weighted by Gasteiger charge is 2.19. The Hall–Kier alpha value is -2.54. The van der Waals surface area contributed by atoms with Gasteiger partial charge in [-0.05, 0) is 50.6 Å². The SMILES string of the molecule is Cc1ccc(C(=O)CCC(=O)O[C@H](C)C(=O)Nc2ccc(C)c(F)c2)s1. The molecule has 0 unspecified atom stereocenters. The van der Waals surface area contributed by atoms with Crippen molar-refractivity contribution in [3.8, 4) is 0 Å². The molecule has 7 heteroatoms. The Balaban J connectivity index is 1.81. The Morgan fingerprint density at radius 3 is 2.50 bits per heavy atom. The van der Waals surface area contributed by atoms with E-state index in [0.717, 1.165) is 4.88 Å². The first-order chi connectivity index (χ1) is 12.3. The van der Waals surface area contributed by atoms with E-state index in [2.05, 4.69) is 5.32 Å². The average molecular weight is 377 g/mol. The molecule has 2 rings (SSSR count). The summed E-state index contributed by atoms with van der Waals surface area (Å²) in [5.74, 6) is -1.77. The van der Waals surface area contributed by atoms with Gasteiger partial charge < -0.3 is 10.1 Å². The molecule has 138 valence electrons. The summed E-state index contributed by atoms with van der Waals surface area (Å²) in [5.41, 5.74) is 0.748. The van der Waals surface area contributed by atoms with Crippen LogP contribution in [-0.2, 0) is 14.3 Å². The number of amides is 1. The second-order valence-electron chi connectivity index (χ2n) is 5.92. The summed E-state index contributed by atoms with van der Waals surface area (Å²) in [6, 6.07) is 7.87. The highest BCUT2D eigenvalue weighted by molar-refractivity contribution is 7.14. The van der Waals surface area contributed by atoms with Gasteiger partial charge in [-0.15, -0.1) is 11.3 Å². The number of benzene rings is 1. The quantitative estimate of drug-likeness (QED) is 0.584. The summed E-state index contributed by atoms with van der Waals surface area (Å²) in [6.07, 6.45) is -1.13. The van der Waals surface area contributed by atoms with Crippen LogP contribution >= 0.6 is 11.3 Å². The Kier molecular flexibility index (Phi) is 6.63. The maximum atomic E-state index is 13.5. The van der Waals surface area contributed by atoms with E-state index in [1.807, 2.05) is 13.0 Å². The molecule has 0 spiro atoms. The monoisotopic (exact) mass is 377 g/mol. The van der Waals surface area contributed by atoms with E-state index in [1.165, 1.54) is 24.3 Å². The van der Waals surface area contributed by atoms with E-state index < -0.39 is 23.8 Å². The minimum atomic E-state index is -1.05. The van der Waals surface area contributed by atoms with Crippen LogP contribution in [0.2, 0.25) is 0 Å². The number of rotatable bonds is 7. The lowest BCUT2D eigenvalue weighted by Gasteiger charge is -2.13. The number of nitrogens with one attached hydrogen (secondary N) is 1. The molecule has 0 fully saturated rings. The average Bonchev–Trinajstić information content (AvgIpc) is 3.02. The summed E-state index contributed by atoms with van der Waals surface area (Å²) in [4.78, 5) is 37.5. The number of carbonyl (C=O) groups excluding carboxylic acids is 3. The minimum Gasteiger partial charge on any atom is -0.453 e. The van der Waals surface area contributed by atoms with Gasteiger partial charge in [-0.3, -0.25) is 14.4 Å². The number of aryl methyl sites for hydroxylation is 2. The molecule has 1 aromatic carbocycles. The fraction of sp³-hybridized carbons (Fsp3) is 0.316. The number of hydrogen-bond donors (Lipinski definition) is 1. The highest BCUT2D eigenvalue weighted by atomic mass is 32.1. The summed E-state index contributed by atoms with van der Waals surface area (Å²) in [5, 5.41) is 2.49. The van der Waals surface area contributed by atoms with Crippen LogP contribution in [0.15, 0.2) is 30.3 Å². The topological polar surface area (TPSA) is 72.5 Å². The van der Waals surface area contributed by atoms with E-state index in [-0.39, 0.29) is 24.3 Å². The van der Waals surface area contributed by atoms with Crippen molar-refractivity contribution in [2.24, 2.45) is 0 Å². The zero-order valence-electron chi connectivity index (χ0n) is 14.8. The molecule has 1 aromatic heterocycles. The molecule has 5 nitrogen and oxygen atoms in total. The van der Waals surface area contributed by atoms with Crippen LogP contribution in [0.1, 0.15) is 39.9 Å². The molecule has 1 atom stereocenters. The predicted molar refractivity (Wildman–Crippen MR) is 97.9 cm³/mol. The molecule has 2 aromatic rings. The molecule has 0 radical (unpaired) electrons. The molecule has 26 heavy (non-hydrogen) atoms. The smallest absolute Gasteiger partial charge is 0.307 e. The molecule has 1 N–H and O–H groups in total. The second kappa shape index (κ2) is 8.71. The summed E-state index contributed by atoms with van der Waals surface area (Å²) in [7, 11) is 0. The van der Waals surface area contributed by atoms with Gasteiger partial charge in [-0.1, -0.05) is 6.07 Å². The van der Waals surface area contributed by atoms with E-state index in [0.29, 0.717) is 10.4 Å². The first kappa shape index (κ1) is 19.8. The minimum absolute atomic E-state index is 0.0241. The molecule has 0 bridgehead atoms. The van der Waals surface area contributed by atoms with Crippen LogP contribution < -0.4 is 5.32 Å². The molecule has 0 saturated heterocycles. The first-order valence-electron chi connectivity index (χ1n) is 8.12. The lowest BCUT2D eigenvalue weighted by atomic mass is 10.2. The maximum absolute atomic E-state index is 13.5. The largest absolute Gasteiger partial charge is 0.453 e. The number of Topliss-reactive ketones (excluding diaryl/α,β-unsaturated/α-hetero) is 1. The molecule has 1 heterocycles. The predicted octanol–water partition coefficient (Wildman–Crippen LogP) is 4.04. The summed E-state index contributed by atoms with van der Waals surface area (Å²) < 4.78 is 18.5. The number of thiophene rings is 1. The number of hydrogen-bond acceptors (Lipinski definition) is 5. The van der Waals surface area contributed by atoms with Crippen LogP contribution in [-0.4, -0.2) is 23.8 Å². The van der Waals surface area contributed by atoms with Crippen molar-refractivity contribution in [2.75, 3.05) is 5.32 Å². The Bertz CT molecular complexity index is 831. The van der Waals surface area contributed by atoms with Crippen molar-refractivity contribution in [3.63, 3.8) is 0 Å². The zero-order valence-corrected chi connectivity index (χ0v) is 15.6. The van der Waals surface area contributed by atoms with Crippen LogP contribution in [0.25, 0.3) is 0 Å². The van der Waals surface area contributed by atoms with Gasteiger partial charge in [0.2, 0.25) is 0 Å². The van der Waals surface area contributed by atoms with Crippen LogP contribution in [0.5, 0.6) is 0 Å². The van der Waals surface area contributed by atoms with Crippen molar-refractivity contribution < 1.29 is 23.5 Å². The fourth-order valence-electron chi connectivity index (χ4n) is 2.15. The molecule has 0 aliphatic carbocycles. The second-order valence-corrected chi connectivity index (χ2v) is 7.21. The third kappa shape index (κ3) is 5.49. The molecular formula is C19H20FNO4S. The summed E-state index contributed by atoms with van der Waals surface area (Å²) >= 11 is 1.37.